The summed E-state index contributed by atoms with van der Waals surface area (Å²) >= 11 is 0. The molecule has 136 valence electrons. The number of benzene rings is 1. The average molecular weight is 370 g/mol. The van der Waals surface area contributed by atoms with E-state index in [1.165, 1.54) is 12.1 Å². The Bertz CT molecular complexity index is 1120. The van der Waals surface area contributed by atoms with Crippen molar-refractivity contribution in [2.45, 2.75) is 12.0 Å². The van der Waals surface area contributed by atoms with Crippen LogP contribution in [0.1, 0.15) is 17.0 Å². The number of nitrogens with two attached hydrogens (primary N) is 1. The van der Waals surface area contributed by atoms with E-state index in [9.17, 15) is 9.65 Å². The van der Waals surface area contributed by atoms with Crippen LogP contribution in [0.4, 0.5) is 10.3 Å². The molecule has 0 spiro atoms. The Morgan fingerprint density at radius 1 is 1.14 bits per heavy atom. The van der Waals surface area contributed by atoms with Crippen LogP contribution in [0.3, 0.4) is 0 Å². The van der Waals surface area contributed by atoms with Gasteiger partial charge in [0.15, 0.2) is 0 Å². The van der Waals surface area contributed by atoms with Gasteiger partial charge in [0.25, 0.3) is 0 Å². The minimum absolute atomic E-state index is 0.0100. The zero-order valence-corrected chi connectivity index (χ0v) is 14.7. The van der Waals surface area contributed by atoms with Gasteiger partial charge in [0.05, 0.1) is 11.4 Å². The SMILES string of the molecule is N#Cc1c(-c2cccc(F)c2)nc(N)nc1C1(Cc2ccccn2)C=CC=N1. The van der Waals surface area contributed by atoms with E-state index in [2.05, 4.69) is 26.0 Å². The molecule has 1 aliphatic rings. The van der Waals surface area contributed by atoms with Crippen LogP contribution in [0.2, 0.25) is 0 Å². The third-order valence-corrected chi connectivity index (χ3v) is 4.49. The molecule has 1 unspecified atom stereocenters. The zero-order chi connectivity index (χ0) is 19.6. The molecule has 0 amide bonds. The summed E-state index contributed by atoms with van der Waals surface area (Å²) in [5.74, 6) is -0.439. The van der Waals surface area contributed by atoms with Gasteiger partial charge >= 0.3 is 0 Å². The fraction of sp³-hybridized carbons (Fsp3) is 0.0952. The van der Waals surface area contributed by atoms with E-state index >= 15 is 0 Å². The molecule has 4 rings (SSSR count). The van der Waals surface area contributed by atoms with Crippen LogP contribution in [0.15, 0.2) is 65.8 Å². The van der Waals surface area contributed by atoms with E-state index in [4.69, 9.17) is 5.73 Å². The normalized spacial score (nSPS) is 17.6. The monoisotopic (exact) mass is 370 g/mol. The third kappa shape index (κ3) is 3.12. The summed E-state index contributed by atoms with van der Waals surface area (Å²) in [5.41, 5.74) is 7.13. The lowest BCUT2D eigenvalue weighted by molar-refractivity contribution is 0.544. The van der Waals surface area contributed by atoms with Gasteiger partial charge < -0.3 is 5.73 Å². The van der Waals surface area contributed by atoms with Crippen LogP contribution >= 0.6 is 0 Å². The third-order valence-electron chi connectivity index (χ3n) is 4.49. The van der Waals surface area contributed by atoms with Crippen molar-refractivity contribution in [3.63, 3.8) is 0 Å². The summed E-state index contributed by atoms with van der Waals surface area (Å²) in [4.78, 5) is 17.5. The molecule has 28 heavy (non-hydrogen) atoms. The molecular weight excluding hydrogens is 355 g/mol. The number of hydrogen-bond acceptors (Lipinski definition) is 6. The highest BCUT2D eigenvalue weighted by Crippen LogP contribution is 2.37. The Hall–Kier alpha value is -3.92. The quantitative estimate of drug-likeness (QED) is 0.760. The molecule has 0 radical (unpaired) electrons. The standard InChI is InChI=1S/C21H15FN6/c22-15-6-3-5-14(11-15)18-17(13-23)19(28-20(24)27-18)21(8-4-10-26-21)12-16-7-1-2-9-25-16/h1-11H,12H2,(H2,24,27,28). The molecule has 2 aromatic heterocycles. The van der Waals surface area contributed by atoms with Crippen molar-refractivity contribution < 1.29 is 4.39 Å². The Labute approximate surface area is 160 Å². The Morgan fingerprint density at radius 3 is 2.71 bits per heavy atom. The van der Waals surface area contributed by atoms with Crippen LogP contribution in [0.5, 0.6) is 0 Å². The summed E-state index contributed by atoms with van der Waals surface area (Å²) in [7, 11) is 0. The maximum Gasteiger partial charge on any atom is 0.220 e. The number of aromatic nitrogens is 3. The first-order chi connectivity index (χ1) is 13.6. The van der Waals surface area contributed by atoms with Gasteiger partial charge in [-0.25, -0.2) is 14.4 Å². The fourth-order valence-electron chi connectivity index (χ4n) is 3.27. The summed E-state index contributed by atoms with van der Waals surface area (Å²) in [5, 5.41) is 9.91. The van der Waals surface area contributed by atoms with Crippen molar-refractivity contribution in [3.05, 3.63) is 83.6 Å². The number of allylic oxidation sites excluding steroid dienone is 1. The number of rotatable bonds is 4. The molecule has 0 saturated carbocycles. The van der Waals surface area contributed by atoms with E-state index < -0.39 is 11.4 Å². The Kier molecular flexibility index (Phi) is 4.38. The van der Waals surface area contributed by atoms with Crippen molar-refractivity contribution in [2.24, 2.45) is 4.99 Å². The number of hydrogen-bond donors (Lipinski definition) is 1. The van der Waals surface area contributed by atoms with Crippen LogP contribution in [0, 0.1) is 17.1 Å². The molecule has 1 atom stereocenters. The van der Waals surface area contributed by atoms with Crippen molar-refractivity contribution in [1.29, 1.82) is 5.26 Å². The van der Waals surface area contributed by atoms with E-state index in [1.807, 2.05) is 24.3 Å². The maximum atomic E-state index is 13.8. The van der Waals surface area contributed by atoms with Gasteiger partial charge in [-0.1, -0.05) is 18.2 Å². The number of aliphatic imine (C=N–C) groups is 1. The number of nitriles is 1. The van der Waals surface area contributed by atoms with Crippen molar-refractivity contribution in [3.8, 4) is 17.3 Å². The molecule has 0 saturated heterocycles. The van der Waals surface area contributed by atoms with Gasteiger partial charge in [0, 0.05) is 30.1 Å². The zero-order valence-electron chi connectivity index (χ0n) is 14.7. The second-order valence-corrected chi connectivity index (χ2v) is 6.34. The van der Waals surface area contributed by atoms with E-state index in [1.54, 1.807) is 30.6 Å². The van der Waals surface area contributed by atoms with E-state index in [0.29, 0.717) is 17.7 Å². The first-order valence-corrected chi connectivity index (χ1v) is 8.58. The van der Waals surface area contributed by atoms with E-state index in [0.717, 1.165) is 5.69 Å². The highest BCUT2D eigenvalue weighted by molar-refractivity contribution is 5.77. The van der Waals surface area contributed by atoms with Gasteiger partial charge in [-0.15, -0.1) is 0 Å². The molecular formula is C21H15FN6. The number of nitrogen functional groups attached to an aromatic ring is 1. The molecule has 2 N–H and O–H groups in total. The van der Waals surface area contributed by atoms with Crippen molar-refractivity contribution >= 4 is 12.2 Å². The summed E-state index contributed by atoms with van der Waals surface area (Å²) in [6, 6.07) is 13.6. The molecule has 7 heteroatoms. The van der Waals surface area contributed by atoms with Gasteiger partial charge in [-0.2, -0.15) is 5.26 Å². The van der Waals surface area contributed by atoms with Crippen LogP contribution in [-0.4, -0.2) is 21.2 Å². The minimum Gasteiger partial charge on any atom is -0.368 e. The largest absolute Gasteiger partial charge is 0.368 e. The number of anilines is 1. The molecule has 1 aromatic carbocycles. The summed E-state index contributed by atoms with van der Waals surface area (Å²) in [6.07, 6.45) is 7.41. The van der Waals surface area contributed by atoms with Gasteiger partial charge in [-0.3, -0.25) is 9.98 Å². The lowest BCUT2D eigenvalue weighted by Gasteiger charge is -2.25. The van der Waals surface area contributed by atoms with Crippen LogP contribution in [0.25, 0.3) is 11.3 Å². The maximum absolute atomic E-state index is 13.8. The second kappa shape index (κ2) is 7.00. The molecule has 1 aliphatic heterocycles. The fourth-order valence-corrected chi connectivity index (χ4v) is 3.27. The lowest BCUT2D eigenvalue weighted by atomic mass is 9.86. The van der Waals surface area contributed by atoms with Gasteiger partial charge in [0.1, 0.15) is 23.0 Å². The molecule has 6 nitrogen and oxygen atoms in total. The van der Waals surface area contributed by atoms with Gasteiger partial charge in [0.2, 0.25) is 5.95 Å². The van der Waals surface area contributed by atoms with Crippen LogP contribution < -0.4 is 5.73 Å². The summed E-state index contributed by atoms with van der Waals surface area (Å²) in [6.45, 7) is 0. The predicted octanol–water partition coefficient (Wildman–Crippen LogP) is 3.21. The Balaban J connectivity index is 1.92. The van der Waals surface area contributed by atoms with Crippen molar-refractivity contribution in [1.82, 2.24) is 15.0 Å². The molecule has 0 fully saturated rings. The van der Waals surface area contributed by atoms with Crippen LogP contribution in [-0.2, 0) is 12.0 Å². The second-order valence-electron chi connectivity index (χ2n) is 6.34. The number of nitrogens with zero attached hydrogens (tertiary/aromatic N) is 5. The average Bonchev–Trinajstić information content (AvgIpc) is 3.17. The molecule has 3 heterocycles. The Morgan fingerprint density at radius 2 is 2.04 bits per heavy atom. The smallest absolute Gasteiger partial charge is 0.220 e. The lowest BCUT2D eigenvalue weighted by Crippen LogP contribution is -2.27. The van der Waals surface area contributed by atoms with E-state index in [-0.39, 0.29) is 17.2 Å². The molecule has 3 aromatic rings. The van der Waals surface area contributed by atoms with Gasteiger partial charge in [-0.05, 0) is 36.4 Å². The van der Waals surface area contributed by atoms with Crippen molar-refractivity contribution in [2.75, 3.05) is 5.73 Å². The molecule has 0 aliphatic carbocycles. The topological polar surface area (TPSA) is 101 Å². The predicted molar refractivity (Wildman–Crippen MR) is 104 cm³/mol. The first kappa shape index (κ1) is 17.5. The number of pyridine rings is 1. The highest BCUT2D eigenvalue weighted by atomic mass is 19.1. The number of halogens is 1. The highest BCUT2D eigenvalue weighted by Gasteiger charge is 2.37. The summed E-state index contributed by atoms with van der Waals surface area (Å²) < 4.78 is 13.8. The first-order valence-electron chi connectivity index (χ1n) is 8.58. The molecule has 0 bridgehead atoms. The minimum atomic E-state index is -0.932.